The number of hydrogen-bond donors (Lipinski definition) is 2. The van der Waals surface area contributed by atoms with E-state index in [4.69, 9.17) is 0 Å². The molecule has 1 saturated heterocycles. The van der Waals surface area contributed by atoms with Gasteiger partial charge in [-0.05, 0) is 46.3 Å². The summed E-state index contributed by atoms with van der Waals surface area (Å²) in [7, 11) is 2.04. The first-order valence-corrected chi connectivity index (χ1v) is 4.06. The molecule has 0 aliphatic carbocycles. The second-order valence-corrected chi connectivity index (χ2v) is 3.66. The van der Waals surface area contributed by atoms with Gasteiger partial charge in [0, 0.05) is 5.54 Å². The summed E-state index contributed by atoms with van der Waals surface area (Å²) in [6.07, 6.45) is 1.31. The lowest BCUT2D eigenvalue weighted by molar-refractivity contribution is 0.288. The van der Waals surface area contributed by atoms with Crippen LogP contribution in [0.1, 0.15) is 20.3 Å². The van der Waals surface area contributed by atoms with Crippen LogP contribution in [-0.2, 0) is 0 Å². The van der Waals surface area contributed by atoms with Gasteiger partial charge in [-0.2, -0.15) is 0 Å². The molecule has 0 unspecified atom stereocenters. The highest BCUT2D eigenvalue weighted by molar-refractivity contribution is 4.89. The largest absolute Gasteiger partial charge is 0.316 e. The fraction of sp³-hybridized carbons (Fsp3) is 1.00. The highest BCUT2D eigenvalue weighted by Gasteiger charge is 2.29. The van der Waals surface area contributed by atoms with Crippen molar-refractivity contribution in [2.24, 2.45) is 5.92 Å². The Kier molecular flexibility index (Phi) is 2.32. The Morgan fingerprint density at radius 1 is 1.50 bits per heavy atom. The normalized spacial score (nSPS) is 27.3. The molecule has 0 aromatic rings. The van der Waals surface area contributed by atoms with Gasteiger partial charge < -0.3 is 10.6 Å². The maximum absolute atomic E-state index is 3.37. The summed E-state index contributed by atoms with van der Waals surface area (Å²) in [5, 5.41) is 6.72. The number of hydrogen-bond acceptors (Lipinski definition) is 2. The molecule has 60 valence electrons. The third-order valence-electron chi connectivity index (χ3n) is 2.73. The van der Waals surface area contributed by atoms with Crippen molar-refractivity contribution >= 4 is 0 Å². The molecule has 1 heterocycles. The molecule has 0 bridgehead atoms. The topological polar surface area (TPSA) is 24.1 Å². The number of rotatable bonds is 2. The molecule has 0 radical (unpaired) electrons. The minimum atomic E-state index is 0.309. The maximum atomic E-state index is 3.37. The van der Waals surface area contributed by atoms with Crippen molar-refractivity contribution in [3.8, 4) is 0 Å². The van der Waals surface area contributed by atoms with Gasteiger partial charge in [0.05, 0.1) is 0 Å². The van der Waals surface area contributed by atoms with Crippen molar-refractivity contribution in [1.82, 2.24) is 10.6 Å². The highest BCUT2D eigenvalue weighted by atomic mass is 15.0. The SMILES string of the molecule is CNC(C)(C)[C@@H]1CCNC1. The van der Waals surface area contributed by atoms with Crippen LogP contribution in [0.15, 0.2) is 0 Å². The second kappa shape index (κ2) is 2.89. The van der Waals surface area contributed by atoms with Crippen LogP contribution >= 0.6 is 0 Å². The van der Waals surface area contributed by atoms with E-state index < -0.39 is 0 Å². The van der Waals surface area contributed by atoms with E-state index in [1.165, 1.54) is 19.5 Å². The minimum Gasteiger partial charge on any atom is -0.316 e. The first-order chi connectivity index (χ1) is 4.67. The molecule has 1 atom stereocenters. The molecule has 0 aromatic carbocycles. The summed E-state index contributed by atoms with van der Waals surface area (Å²) in [4.78, 5) is 0. The fourth-order valence-electron chi connectivity index (χ4n) is 1.47. The van der Waals surface area contributed by atoms with Gasteiger partial charge in [-0.25, -0.2) is 0 Å². The molecule has 2 N–H and O–H groups in total. The van der Waals surface area contributed by atoms with Crippen LogP contribution in [0.3, 0.4) is 0 Å². The zero-order valence-electron chi connectivity index (χ0n) is 7.20. The summed E-state index contributed by atoms with van der Waals surface area (Å²) >= 11 is 0. The third-order valence-corrected chi connectivity index (χ3v) is 2.73. The Morgan fingerprint density at radius 2 is 2.20 bits per heavy atom. The summed E-state index contributed by atoms with van der Waals surface area (Å²) in [5.74, 6) is 0.803. The van der Waals surface area contributed by atoms with Crippen molar-refractivity contribution in [3.05, 3.63) is 0 Å². The zero-order chi connectivity index (χ0) is 7.61. The quantitative estimate of drug-likeness (QED) is 0.590. The molecule has 1 rings (SSSR count). The number of nitrogens with one attached hydrogen (secondary N) is 2. The predicted molar refractivity (Wildman–Crippen MR) is 44.1 cm³/mol. The summed E-state index contributed by atoms with van der Waals surface area (Å²) in [6, 6.07) is 0. The Morgan fingerprint density at radius 3 is 2.60 bits per heavy atom. The van der Waals surface area contributed by atoms with Gasteiger partial charge >= 0.3 is 0 Å². The van der Waals surface area contributed by atoms with Gasteiger partial charge in [-0.3, -0.25) is 0 Å². The van der Waals surface area contributed by atoms with Crippen LogP contribution in [0.5, 0.6) is 0 Å². The van der Waals surface area contributed by atoms with E-state index in [0.717, 1.165) is 5.92 Å². The zero-order valence-corrected chi connectivity index (χ0v) is 7.20. The van der Waals surface area contributed by atoms with Gasteiger partial charge in [0.1, 0.15) is 0 Å². The van der Waals surface area contributed by atoms with Crippen molar-refractivity contribution in [2.45, 2.75) is 25.8 Å². The van der Waals surface area contributed by atoms with Crippen molar-refractivity contribution in [2.75, 3.05) is 20.1 Å². The molecule has 2 heteroatoms. The average Bonchev–Trinajstić information content (AvgIpc) is 2.38. The van der Waals surface area contributed by atoms with Gasteiger partial charge in [-0.15, -0.1) is 0 Å². The predicted octanol–water partition coefficient (Wildman–Crippen LogP) is 0.594. The Bertz CT molecular complexity index is 104. The van der Waals surface area contributed by atoms with E-state index in [1.54, 1.807) is 0 Å². The average molecular weight is 142 g/mol. The molecule has 1 fully saturated rings. The van der Waals surface area contributed by atoms with Crippen LogP contribution in [-0.4, -0.2) is 25.7 Å². The Hall–Kier alpha value is -0.0800. The minimum absolute atomic E-state index is 0.309. The van der Waals surface area contributed by atoms with E-state index in [1.807, 2.05) is 7.05 Å². The summed E-state index contributed by atoms with van der Waals surface area (Å²) in [5.41, 5.74) is 0.309. The van der Waals surface area contributed by atoms with E-state index >= 15 is 0 Å². The Balaban J connectivity index is 2.45. The van der Waals surface area contributed by atoms with Crippen LogP contribution in [0.2, 0.25) is 0 Å². The second-order valence-electron chi connectivity index (χ2n) is 3.66. The highest BCUT2D eigenvalue weighted by Crippen LogP contribution is 2.21. The van der Waals surface area contributed by atoms with Crippen LogP contribution < -0.4 is 10.6 Å². The van der Waals surface area contributed by atoms with Gasteiger partial charge in [-0.1, -0.05) is 0 Å². The summed E-state index contributed by atoms with van der Waals surface area (Å²) in [6.45, 7) is 6.90. The van der Waals surface area contributed by atoms with Gasteiger partial charge in [0.15, 0.2) is 0 Å². The van der Waals surface area contributed by atoms with E-state index in [9.17, 15) is 0 Å². The lowest BCUT2D eigenvalue weighted by atomic mass is 9.87. The Labute approximate surface area is 63.4 Å². The maximum Gasteiger partial charge on any atom is 0.0162 e. The first-order valence-electron chi connectivity index (χ1n) is 4.06. The van der Waals surface area contributed by atoms with Crippen LogP contribution in [0.4, 0.5) is 0 Å². The monoisotopic (exact) mass is 142 g/mol. The molecule has 2 nitrogen and oxygen atoms in total. The van der Waals surface area contributed by atoms with Crippen LogP contribution in [0.25, 0.3) is 0 Å². The molecule has 0 aromatic heterocycles. The molecule has 10 heavy (non-hydrogen) atoms. The van der Waals surface area contributed by atoms with Crippen molar-refractivity contribution < 1.29 is 0 Å². The van der Waals surface area contributed by atoms with E-state index in [2.05, 4.69) is 24.5 Å². The van der Waals surface area contributed by atoms with E-state index in [-0.39, 0.29) is 0 Å². The lowest BCUT2D eigenvalue weighted by Crippen LogP contribution is -2.44. The summed E-state index contributed by atoms with van der Waals surface area (Å²) < 4.78 is 0. The fourth-order valence-corrected chi connectivity index (χ4v) is 1.47. The molecule has 0 spiro atoms. The molecule has 1 aliphatic rings. The van der Waals surface area contributed by atoms with Gasteiger partial charge in [0.2, 0.25) is 0 Å². The standard InChI is InChI=1S/C8H18N2/c1-8(2,9-3)7-4-5-10-6-7/h7,9-10H,4-6H2,1-3H3/t7-/m1/s1. The molecular weight excluding hydrogens is 124 g/mol. The molecule has 0 amide bonds. The lowest BCUT2D eigenvalue weighted by Gasteiger charge is -2.30. The van der Waals surface area contributed by atoms with Crippen molar-refractivity contribution in [1.29, 1.82) is 0 Å². The first kappa shape index (κ1) is 8.02. The molecule has 1 aliphatic heterocycles. The van der Waals surface area contributed by atoms with Gasteiger partial charge in [0.25, 0.3) is 0 Å². The molecule has 0 saturated carbocycles. The van der Waals surface area contributed by atoms with Crippen LogP contribution in [0, 0.1) is 5.92 Å². The molecular formula is C8H18N2. The van der Waals surface area contributed by atoms with Crippen molar-refractivity contribution in [3.63, 3.8) is 0 Å². The smallest absolute Gasteiger partial charge is 0.0162 e. The third kappa shape index (κ3) is 1.50. The van der Waals surface area contributed by atoms with E-state index in [0.29, 0.717) is 5.54 Å².